The highest BCUT2D eigenvalue weighted by atomic mass is 16.6. The molecule has 0 spiro atoms. The second-order valence-electron chi connectivity index (χ2n) is 11.4. The van der Waals surface area contributed by atoms with E-state index < -0.39 is 35.4 Å². The zero-order chi connectivity index (χ0) is 27.7. The normalized spacial score (nSPS) is 36.5. The highest BCUT2D eigenvalue weighted by molar-refractivity contribution is 5.92. The van der Waals surface area contributed by atoms with Crippen molar-refractivity contribution in [2.75, 3.05) is 13.2 Å². The van der Waals surface area contributed by atoms with Gasteiger partial charge >= 0.3 is 29.8 Å². The number of carboxylic acid groups (broad SMARTS) is 1. The molecule has 1 N–H and O–H groups in total. The Bertz CT molecular complexity index is 1060. The van der Waals surface area contributed by atoms with Crippen molar-refractivity contribution >= 4 is 29.8 Å². The average Bonchev–Trinajstić information content (AvgIpc) is 3.21. The van der Waals surface area contributed by atoms with Crippen molar-refractivity contribution in [3.05, 3.63) is 23.8 Å². The number of esters is 4. The smallest absolute Gasteiger partial charge is 0.337 e. The van der Waals surface area contributed by atoms with Gasteiger partial charge in [-0.15, -0.1) is 0 Å². The summed E-state index contributed by atoms with van der Waals surface area (Å²) < 4.78 is 22.0. The topological polar surface area (TPSA) is 142 Å². The first-order chi connectivity index (χ1) is 17.9. The molecular weight excluding hydrogens is 496 g/mol. The van der Waals surface area contributed by atoms with E-state index in [0.29, 0.717) is 12.8 Å². The number of fused-ring (bicyclic) bond motifs is 3. The third-order valence-electron chi connectivity index (χ3n) is 9.01. The van der Waals surface area contributed by atoms with Crippen molar-refractivity contribution in [2.24, 2.45) is 22.7 Å². The number of hydrogen-bond donors (Lipinski definition) is 1. The third-order valence-corrected chi connectivity index (χ3v) is 9.01. The van der Waals surface area contributed by atoms with Crippen molar-refractivity contribution in [1.29, 1.82) is 0 Å². The van der Waals surface area contributed by atoms with Crippen LogP contribution in [0.1, 0.15) is 71.6 Å². The lowest BCUT2D eigenvalue weighted by molar-refractivity contribution is -0.189. The van der Waals surface area contributed by atoms with Crippen molar-refractivity contribution in [3.63, 3.8) is 0 Å². The highest BCUT2D eigenvalue weighted by Gasteiger charge is 2.59. The highest BCUT2D eigenvalue weighted by Crippen LogP contribution is 2.62. The molecule has 2 saturated heterocycles. The Kier molecular flexibility index (Phi) is 7.99. The predicted octanol–water partition coefficient (Wildman–Crippen LogP) is 3.27. The van der Waals surface area contributed by atoms with Crippen LogP contribution in [0.3, 0.4) is 0 Å². The molecule has 0 amide bonds. The van der Waals surface area contributed by atoms with E-state index in [1.165, 1.54) is 0 Å². The molecule has 2 aliphatic carbocycles. The largest absolute Gasteiger partial charge is 0.481 e. The van der Waals surface area contributed by atoms with Gasteiger partial charge in [-0.2, -0.15) is 0 Å². The lowest BCUT2D eigenvalue weighted by Gasteiger charge is -2.60. The first-order valence-corrected chi connectivity index (χ1v) is 13.2. The summed E-state index contributed by atoms with van der Waals surface area (Å²) in [6.45, 7) is 8.64. The Balaban J connectivity index is 1.55. The minimum absolute atomic E-state index is 0.00865. The Hall–Kier alpha value is -3.17. The van der Waals surface area contributed by atoms with E-state index in [0.717, 1.165) is 24.8 Å². The fourth-order valence-electron chi connectivity index (χ4n) is 6.96. The van der Waals surface area contributed by atoms with Crippen LogP contribution in [0.2, 0.25) is 0 Å². The van der Waals surface area contributed by atoms with E-state index in [1.807, 2.05) is 6.92 Å². The number of carbonyl (C=O) groups is 5. The summed E-state index contributed by atoms with van der Waals surface area (Å²) in [5.74, 6) is -3.09. The number of cyclic esters (lactones) is 2. The van der Waals surface area contributed by atoms with Gasteiger partial charge in [0, 0.05) is 5.41 Å². The number of hydrogen-bond acceptors (Lipinski definition) is 9. The van der Waals surface area contributed by atoms with Crippen molar-refractivity contribution < 1.29 is 48.0 Å². The SMILES string of the molecule is C=C1CCC2C3(C)COC(=O)CCC(=O)OC3CCC2(C)C1CC=C1C(=O)OCC1OC(=O)CCC(=O)O. The second kappa shape index (κ2) is 10.9. The molecule has 0 aromatic heterocycles. The minimum atomic E-state index is -1.11. The van der Waals surface area contributed by atoms with Gasteiger partial charge < -0.3 is 24.1 Å². The van der Waals surface area contributed by atoms with E-state index in [2.05, 4.69) is 13.5 Å². The van der Waals surface area contributed by atoms with Crippen LogP contribution in [0.5, 0.6) is 0 Å². The predicted molar refractivity (Wildman–Crippen MR) is 131 cm³/mol. The standard InChI is InChI=1S/C28H36O10/c1-16-4-7-20-27(2,13-12-21-28(20,3)15-36-23(31)10-11-25(33)38-21)18(16)6-5-17-19(14-35-26(17)34)37-24(32)9-8-22(29)30/h5,18-21H,1,4,6-15H2,2-3H3,(H,29,30). The van der Waals surface area contributed by atoms with Crippen LogP contribution in [0, 0.1) is 22.7 Å². The van der Waals surface area contributed by atoms with Gasteiger partial charge in [-0.3, -0.25) is 19.2 Å². The van der Waals surface area contributed by atoms with Gasteiger partial charge in [0.2, 0.25) is 0 Å². The van der Waals surface area contributed by atoms with E-state index in [1.54, 1.807) is 6.08 Å². The first kappa shape index (κ1) is 27.9. The summed E-state index contributed by atoms with van der Waals surface area (Å²) >= 11 is 0. The summed E-state index contributed by atoms with van der Waals surface area (Å²) in [7, 11) is 0. The summed E-state index contributed by atoms with van der Waals surface area (Å²) in [6.07, 6.45) is 3.32. The van der Waals surface area contributed by atoms with E-state index in [4.69, 9.17) is 24.1 Å². The van der Waals surface area contributed by atoms with Gasteiger partial charge in [-0.05, 0) is 49.4 Å². The molecule has 208 valence electrons. The fourth-order valence-corrected chi connectivity index (χ4v) is 6.96. The zero-order valence-corrected chi connectivity index (χ0v) is 22.0. The van der Waals surface area contributed by atoms with Crippen molar-refractivity contribution in [3.8, 4) is 0 Å². The van der Waals surface area contributed by atoms with Crippen LogP contribution in [-0.2, 0) is 42.9 Å². The van der Waals surface area contributed by atoms with Crippen LogP contribution in [0.15, 0.2) is 23.8 Å². The summed E-state index contributed by atoms with van der Waals surface area (Å²) in [6, 6.07) is 0. The molecule has 6 unspecified atom stereocenters. The number of carboxylic acids is 1. The fraction of sp³-hybridized carbons (Fsp3) is 0.679. The molecule has 4 rings (SSSR count). The number of rotatable bonds is 6. The van der Waals surface area contributed by atoms with Gasteiger partial charge in [0.05, 0.1) is 31.3 Å². The van der Waals surface area contributed by atoms with Gasteiger partial charge in [0.25, 0.3) is 0 Å². The Morgan fingerprint density at radius 3 is 2.53 bits per heavy atom. The van der Waals surface area contributed by atoms with Gasteiger partial charge in [-0.25, -0.2) is 4.79 Å². The lowest BCUT2D eigenvalue weighted by Crippen LogP contribution is -2.58. The van der Waals surface area contributed by atoms with Crippen LogP contribution in [-0.4, -0.2) is 60.4 Å². The summed E-state index contributed by atoms with van der Waals surface area (Å²) in [5.41, 5.74) is 0.475. The number of carbonyl (C=O) groups excluding carboxylic acids is 4. The van der Waals surface area contributed by atoms with Crippen LogP contribution in [0.4, 0.5) is 0 Å². The quantitative estimate of drug-likeness (QED) is 0.234. The molecule has 6 atom stereocenters. The maximum atomic E-state index is 12.5. The molecule has 2 aliphatic heterocycles. The molecule has 10 nitrogen and oxygen atoms in total. The molecule has 10 heteroatoms. The van der Waals surface area contributed by atoms with Crippen LogP contribution >= 0.6 is 0 Å². The monoisotopic (exact) mass is 532 g/mol. The van der Waals surface area contributed by atoms with Crippen molar-refractivity contribution in [2.45, 2.75) is 83.8 Å². The van der Waals surface area contributed by atoms with E-state index in [-0.39, 0.29) is 73.8 Å². The first-order valence-electron chi connectivity index (χ1n) is 13.2. The molecular formula is C28H36O10. The summed E-state index contributed by atoms with van der Waals surface area (Å²) in [4.78, 5) is 59.9. The van der Waals surface area contributed by atoms with Gasteiger partial charge in [0.15, 0.2) is 6.10 Å². The number of ether oxygens (including phenoxy) is 4. The Morgan fingerprint density at radius 2 is 1.79 bits per heavy atom. The van der Waals surface area contributed by atoms with Crippen molar-refractivity contribution in [1.82, 2.24) is 0 Å². The number of allylic oxidation sites excluding steroid dienone is 2. The van der Waals surface area contributed by atoms with Gasteiger partial charge in [0.1, 0.15) is 19.3 Å². The molecule has 0 radical (unpaired) electrons. The average molecular weight is 533 g/mol. The maximum absolute atomic E-state index is 12.5. The van der Waals surface area contributed by atoms with Crippen LogP contribution in [0.25, 0.3) is 0 Å². The lowest BCUT2D eigenvalue weighted by atomic mass is 9.46. The molecule has 4 fully saturated rings. The van der Waals surface area contributed by atoms with Crippen LogP contribution < -0.4 is 0 Å². The maximum Gasteiger partial charge on any atom is 0.337 e. The minimum Gasteiger partial charge on any atom is -0.481 e. The summed E-state index contributed by atoms with van der Waals surface area (Å²) in [5, 5.41) is 8.79. The second-order valence-corrected chi connectivity index (χ2v) is 11.4. The third kappa shape index (κ3) is 5.49. The number of aliphatic carboxylic acids is 1. The molecule has 0 bridgehead atoms. The molecule has 4 aliphatic rings. The molecule has 0 aromatic rings. The van der Waals surface area contributed by atoms with E-state index >= 15 is 0 Å². The molecule has 2 heterocycles. The zero-order valence-electron chi connectivity index (χ0n) is 22.0. The van der Waals surface area contributed by atoms with Gasteiger partial charge in [-0.1, -0.05) is 32.1 Å². The molecule has 0 aromatic carbocycles. The van der Waals surface area contributed by atoms with E-state index in [9.17, 15) is 24.0 Å². The Labute approximate surface area is 221 Å². The molecule has 38 heavy (non-hydrogen) atoms. The Morgan fingerprint density at radius 1 is 1.05 bits per heavy atom. The molecule has 2 saturated carbocycles.